The molecule has 1 aromatic rings. The number of halogens is 2. The van der Waals surface area contributed by atoms with Crippen LogP contribution < -0.4 is 0 Å². The molecule has 0 aromatic heterocycles. The summed E-state index contributed by atoms with van der Waals surface area (Å²) in [7, 11) is 1.54. The van der Waals surface area contributed by atoms with Crippen LogP contribution in [0.2, 0.25) is 10.0 Å². The highest BCUT2D eigenvalue weighted by Gasteiger charge is 2.29. The van der Waals surface area contributed by atoms with E-state index >= 15 is 0 Å². The number of rotatable bonds is 4. The largest absolute Gasteiger partial charge is 0.383 e. The van der Waals surface area contributed by atoms with Crippen LogP contribution in [-0.2, 0) is 10.3 Å². The van der Waals surface area contributed by atoms with E-state index < -0.39 is 5.60 Å². The molecule has 0 saturated carbocycles. The second-order valence-electron chi connectivity index (χ2n) is 3.44. The van der Waals surface area contributed by atoms with E-state index in [0.717, 1.165) is 0 Å². The van der Waals surface area contributed by atoms with Gasteiger partial charge in [0.1, 0.15) is 5.60 Å². The first-order chi connectivity index (χ1) is 7.03. The van der Waals surface area contributed by atoms with Crippen molar-refractivity contribution in [2.75, 3.05) is 13.7 Å². The Labute approximate surface area is 99.8 Å². The maximum atomic E-state index is 10.3. The molecule has 0 aliphatic rings. The number of aliphatic hydroxyl groups is 1. The van der Waals surface area contributed by atoms with Gasteiger partial charge in [-0.15, -0.1) is 0 Å². The van der Waals surface area contributed by atoms with E-state index in [2.05, 4.69) is 0 Å². The Morgan fingerprint density at radius 2 is 2.07 bits per heavy atom. The van der Waals surface area contributed by atoms with Gasteiger partial charge in [-0.05, 0) is 24.6 Å². The number of hydrogen-bond acceptors (Lipinski definition) is 2. The Morgan fingerprint density at radius 3 is 2.60 bits per heavy atom. The van der Waals surface area contributed by atoms with Crippen molar-refractivity contribution in [3.63, 3.8) is 0 Å². The van der Waals surface area contributed by atoms with Crippen molar-refractivity contribution >= 4 is 23.2 Å². The maximum Gasteiger partial charge on any atom is 0.114 e. The first kappa shape index (κ1) is 12.8. The summed E-state index contributed by atoms with van der Waals surface area (Å²) in [6, 6.07) is 5.04. The molecule has 0 bridgehead atoms. The molecule has 0 spiro atoms. The molecule has 0 amide bonds. The Balaban J connectivity index is 3.16. The van der Waals surface area contributed by atoms with Gasteiger partial charge in [-0.3, -0.25) is 0 Å². The number of ether oxygens (including phenoxy) is 1. The van der Waals surface area contributed by atoms with E-state index in [1.54, 1.807) is 25.3 Å². The van der Waals surface area contributed by atoms with E-state index in [-0.39, 0.29) is 6.61 Å². The Hall–Kier alpha value is -0.280. The average Bonchev–Trinajstić information content (AvgIpc) is 2.22. The van der Waals surface area contributed by atoms with Crippen molar-refractivity contribution in [3.8, 4) is 0 Å². The van der Waals surface area contributed by atoms with Gasteiger partial charge in [-0.25, -0.2) is 0 Å². The van der Waals surface area contributed by atoms with Gasteiger partial charge in [0.15, 0.2) is 0 Å². The highest BCUT2D eigenvalue weighted by molar-refractivity contribution is 6.33. The molecule has 15 heavy (non-hydrogen) atoms. The third kappa shape index (κ3) is 2.85. The van der Waals surface area contributed by atoms with Gasteiger partial charge in [-0.1, -0.05) is 30.1 Å². The van der Waals surface area contributed by atoms with Crippen molar-refractivity contribution in [3.05, 3.63) is 33.8 Å². The fraction of sp³-hybridized carbons (Fsp3) is 0.455. The number of hydrogen-bond donors (Lipinski definition) is 1. The average molecular weight is 249 g/mol. The van der Waals surface area contributed by atoms with E-state index in [9.17, 15) is 5.11 Å². The molecule has 0 radical (unpaired) electrons. The summed E-state index contributed by atoms with van der Waals surface area (Å²) < 4.78 is 5.00. The van der Waals surface area contributed by atoms with Gasteiger partial charge in [0, 0.05) is 22.7 Å². The van der Waals surface area contributed by atoms with Crippen LogP contribution in [0.25, 0.3) is 0 Å². The smallest absolute Gasteiger partial charge is 0.114 e. The lowest BCUT2D eigenvalue weighted by Crippen LogP contribution is -2.30. The third-order valence-electron chi connectivity index (χ3n) is 2.40. The lowest BCUT2D eigenvalue weighted by atomic mass is 9.92. The molecular weight excluding hydrogens is 235 g/mol. The molecule has 2 nitrogen and oxygen atoms in total. The minimum absolute atomic E-state index is 0.198. The summed E-state index contributed by atoms with van der Waals surface area (Å²) in [5, 5.41) is 11.4. The predicted octanol–water partition coefficient (Wildman–Crippen LogP) is 3.24. The highest BCUT2D eigenvalue weighted by atomic mass is 35.5. The van der Waals surface area contributed by atoms with Crippen LogP contribution in [0.3, 0.4) is 0 Å². The van der Waals surface area contributed by atoms with Crippen LogP contribution in [0.15, 0.2) is 18.2 Å². The summed E-state index contributed by atoms with van der Waals surface area (Å²) >= 11 is 11.9. The molecule has 1 unspecified atom stereocenters. The lowest BCUT2D eigenvalue weighted by molar-refractivity contribution is -0.0385. The van der Waals surface area contributed by atoms with Crippen LogP contribution in [0.5, 0.6) is 0 Å². The predicted molar refractivity (Wildman–Crippen MR) is 62.5 cm³/mol. The standard InChI is InChI=1S/C11H14Cl2O2/c1-3-11(14,7-15-2)9-6-8(12)4-5-10(9)13/h4-6,14H,3,7H2,1-2H3. The van der Waals surface area contributed by atoms with Gasteiger partial charge in [0.05, 0.1) is 6.61 Å². The van der Waals surface area contributed by atoms with Crippen molar-refractivity contribution in [1.29, 1.82) is 0 Å². The minimum Gasteiger partial charge on any atom is -0.383 e. The molecule has 0 saturated heterocycles. The normalized spacial score (nSPS) is 15.0. The first-order valence-corrected chi connectivity index (χ1v) is 5.46. The van der Waals surface area contributed by atoms with Crippen LogP contribution in [0.1, 0.15) is 18.9 Å². The SMILES string of the molecule is CCC(O)(COC)c1cc(Cl)ccc1Cl. The van der Waals surface area contributed by atoms with Crippen molar-refractivity contribution < 1.29 is 9.84 Å². The molecule has 1 rings (SSSR count). The maximum absolute atomic E-state index is 10.3. The van der Waals surface area contributed by atoms with E-state index in [4.69, 9.17) is 27.9 Å². The number of methoxy groups -OCH3 is 1. The van der Waals surface area contributed by atoms with Crippen LogP contribution >= 0.6 is 23.2 Å². The molecule has 1 atom stereocenters. The highest BCUT2D eigenvalue weighted by Crippen LogP contribution is 2.33. The molecule has 0 fully saturated rings. The monoisotopic (exact) mass is 248 g/mol. The molecular formula is C11H14Cl2O2. The van der Waals surface area contributed by atoms with Crippen LogP contribution in [0.4, 0.5) is 0 Å². The van der Waals surface area contributed by atoms with Crippen LogP contribution in [-0.4, -0.2) is 18.8 Å². The van der Waals surface area contributed by atoms with Gasteiger partial charge < -0.3 is 9.84 Å². The molecule has 1 aromatic carbocycles. The second-order valence-corrected chi connectivity index (χ2v) is 4.29. The minimum atomic E-state index is -1.07. The quantitative estimate of drug-likeness (QED) is 0.887. The summed E-state index contributed by atoms with van der Waals surface area (Å²) in [4.78, 5) is 0. The molecule has 84 valence electrons. The second kappa shape index (κ2) is 5.17. The van der Waals surface area contributed by atoms with Gasteiger partial charge >= 0.3 is 0 Å². The topological polar surface area (TPSA) is 29.5 Å². The Bertz CT molecular complexity index is 341. The van der Waals surface area contributed by atoms with Gasteiger partial charge in [-0.2, -0.15) is 0 Å². The fourth-order valence-corrected chi connectivity index (χ4v) is 1.93. The Morgan fingerprint density at radius 1 is 1.40 bits per heavy atom. The number of benzene rings is 1. The molecule has 0 aliphatic carbocycles. The van der Waals surface area contributed by atoms with Gasteiger partial charge in [0.25, 0.3) is 0 Å². The van der Waals surface area contributed by atoms with E-state index in [1.165, 1.54) is 0 Å². The molecule has 0 heterocycles. The van der Waals surface area contributed by atoms with E-state index in [0.29, 0.717) is 22.0 Å². The summed E-state index contributed by atoms with van der Waals surface area (Å²) in [5.41, 5.74) is -0.461. The van der Waals surface area contributed by atoms with E-state index in [1.807, 2.05) is 6.92 Å². The van der Waals surface area contributed by atoms with Crippen LogP contribution in [0, 0.1) is 0 Å². The summed E-state index contributed by atoms with van der Waals surface area (Å²) in [6.07, 6.45) is 0.515. The Kier molecular flexibility index (Phi) is 4.41. The third-order valence-corrected chi connectivity index (χ3v) is 2.96. The zero-order valence-electron chi connectivity index (χ0n) is 8.76. The fourth-order valence-electron chi connectivity index (χ4n) is 1.46. The van der Waals surface area contributed by atoms with Gasteiger partial charge in [0.2, 0.25) is 0 Å². The molecule has 1 N–H and O–H groups in total. The summed E-state index contributed by atoms with van der Waals surface area (Å²) in [5.74, 6) is 0. The lowest BCUT2D eigenvalue weighted by Gasteiger charge is -2.27. The van der Waals surface area contributed by atoms with Crippen molar-refractivity contribution in [2.24, 2.45) is 0 Å². The van der Waals surface area contributed by atoms with Crippen molar-refractivity contribution in [2.45, 2.75) is 18.9 Å². The zero-order chi connectivity index (χ0) is 11.5. The molecule has 0 aliphatic heterocycles. The zero-order valence-corrected chi connectivity index (χ0v) is 10.3. The first-order valence-electron chi connectivity index (χ1n) is 4.70. The molecule has 4 heteroatoms. The van der Waals surface area contributed by atoms with Crippen molar-refractivity contribution in [1.82, 2.24) is 0 Å². The summed E-state index contributed by atoms with van der Waals surface area (Å²) in [6.45, 7) is 2.07.